The summed E-state index contributed by atoms with van der Waals surface area (Å²) in [7, 11) is 0. The van der Waals surface area contributed by atoms with Crippen molar-refractivity contribution in [2.75, 3.05) is 6.54 Å². The van der Waals surface area contributed by atoms with Crippen molar-refractivity contribution in [1.29, 1.82) is 0 Å². The molecule has 0 aliphatic carbocycles. The first-order chi connectivity index (χ1) is 10.7. The van der Waals surface area contributed by atoms with Gasteiger partial charge in [-0.05, 0) is 37.3 Å². The van der Waals surface area contributed by atoms with Crippen LogP contribution < -0.4 is 0 Å². The zero-order valence-corrected chi connectivity index (χ0v) is 13.2. The van der Waals surface area contributed by atoms with E-state index in [1.54, 1.807) is 0 Å². The van der Waals surface area contributed by atoms with Gasteiger partial charge in [0.05, 0.1) is 6.04 Å². The van der Waals surface area contributed by atoms with E-state index in [1.807, 2.05) is 6.07 Å². The highest BCUT2D eigenvalue weighted by Gasteiger charge is 2.29. The molecule has 1 saturated heterocycles. The SMILES string of the molecule is Cc1ccc(CCC(=O)N2CCCC2c2ccccc2)cc1. The third-order valence-electron chi connectivity index (χ3n) is 4.51. The van der Waals surface area contributed by atoms with Crippen LogP contribution in [-0.4, -0.2) is 17.4 Å². The zero-order chi connectivity index (χ0) is 15.4. The molecule has 2 heteroatoms. The normalized spacial score (nSPS) is 17.7. The zero-order valence-electron chi connectivity index (χ0n) is 13.2. The van der Waals surface area contributed by atoms with Gasteiger partial charge in [-0.25, -0.2) is 0 Å². The van der Waals surface area contributed by atoms with Gasteiger partial charge < -0.3 is 4.90 Å². The van der Waals surface area contributed by atoms with Crippen molar-refractivity contribution >= 4 is 5.91 Å². The van der Waals surface area contributed by atoms with E-state index in [2.05, 4.69) is 60.4 Å². The second-order valence-corrected chi connectivity index (χ2v) is 6.14. The summed E-state index contributed by atoms with van der Waals surface area (Å²) in [5.41, 5.74) is 3.77. The summed E-state index contributed by atoms with van der Waals surface area (Å²) in [4.78, 5) is 14.7. The Hall–Kier alpha value is -2.09. The molecule has 0 aromatic heterocycles. The number of hydrogen-bond acceptors (Lipinski definition) is 1. The molecule has 2 nitrogen and oxygen atoms in total. The number of benzene rings is 2. The van der Waals surface area contributed by atoms with Crippen LogP contribution in [0.4, 0.5) is 0 Å². The molecule has 1 atom stereocenters. The molecule has 3 rings (SSSR count). The molecular formula is C20H23NO. The molecule has 1 fully saturated rings. The van der Waals surface area contributed by atoms with Gasteiger partial charge >= 0.3 is 0 Å². The second kappa shape index (κ2) is 6.78. The summed E-state index contributed by atoms with van der Waals surface area (Å²) in [5, 5.41) is 0. The molecule has 1 aliphatic heterocycles. The Morgan fingerprint density at radius 3 is 2.55 bits per heavy atom. The Labute approximate surface area is 132 Å². The molecular weight excluding hydrogens is 270 g/mol. The van der Waals surface area contributed by atoms with E-state index < -0.39 is 0 Å². The first-order valence-corrected chi connectivity index (χ1v) is 8.14. The minimum atomic E-state index is 0.270. The van der Waals surface area contributed by atoms with E-state index in [0.717, 1.165) is 25.8 Å². The maximum absolute atomic E-state index is 12.6. The lowest BCUT2D eigenvalue weighted by Crippen LogP contribution is -2.30. The number of hydrogen-bond donors (Lipinski definition) is 0. The van der Waals surface area contributed by atoms with Gasteiger partial charge in [-0.1, -0.05) is 60.2 Å². The molecule has 2 aromatic rings. The molecule has 0 N–H and O–H groups in total. The second-order valence-electron chi connectivity index (χ2n) is 6.14. The van der Waals surface area contributed by atoms with Crippen LogP contribution in [0, 0.1) is 6.92 Å². The van der Waals surface area contributed by atoms with Crippen LogP contribution in [0.1, 0.15) is 42.0 Å². The molecule has 0 radical (unpaired) electrons. The first-order valence-electron chi connectivity index (χ1n) is 8.14. The van der Waals surface area contributed by atoms with Gasteiger partial charge in [0, 0.05) is 13.0 Å². The molecule has 1 unspecified atom stereocenters. The summed E-state index contributed by atoms with van der Waals surface area (Å²) in [6, 6.07) is 19.2. The van der Waals surface area contributed by atoms with Gasteiger partial charge in [0.15, 0.2) is 0 Å². The van der Waals surface area contributed by atoms with Crippen LogP contribution >= 0.6 is 0 Å². The van der Waals surface area contributed by atoms with E-state index in [-0.39, 0.29) is 11.9 Å². The Balaban J connectivity index is 1.62. The van der Waals surface area contributed by atoms with Gasteiger partial charge in [-0.3, -0.25) is 4.79 Å². The maximum Gasteiger partial charge on any atom is 0.223 e. The average molecular weight is 293 g/mol. The van der Waals surface area contributed by atoms with E-state index >= 15 is 0 Å². The van der Waals surface area contributed by atoms with Crippen LogP contribution in [0.3, 0.4) is 0 Å². The predicted octanol–water partition coefficient (Wildman–Crippen LogP) is 4.29. The highest BCUT2D eigenvalue weighted by atomic mass is 16.2. The van der Waals surface area contributed by atoms with E-state index in [4.69, 9.17) is 0 Å². The number of likely N-dealkylation sites (tertiary alicyclic amines) is 1. The van der Waals surface area contributed by atoms with E-state index in [9.17, 15) is 4.79 Å². The Kier molecular flexibility index (Phi) is 4.57. The van der Waals surface area contributed by atoms with Crippen LogP contribution in [0.25, 0.3) is 0 Å². The lowest BCUT2D eigenvalue weighted by Gasteiger charge is -2.25. The molecule has 0 bridgehead atoms. The van der Waals surface area contributed by atoms with Crippen LogP contribution in [0.2, 0.25) is 0 Å². The number of rotatable bonds is 4. The highest BCUT2D eigenvalue weighted by Crippen LogP contribution is 2.32. The van der Waals surface area contributed by atoms with Crippen molar-refractivity contribution in [2.45, 2.75) is 38.6 Å². The van der Waals surface area contributed by atoms with Crippen molar-refractivity contribution in [3.8, 4) is 0 Å². The average Bonchev–Trinajstić information content (AvgIpc) is 3.04. The van der Waals surface area contributed by atoms with Gasteiger partial charge in [-0.2, -0.15) is 0 Å². The number of carbonyl (C=O) groups is 1. The molecule has 1 amide bonds. The standard InChI is InChI=1S/C20H23NO/c1-16-9-11-17(12-10-16)13-14-20(22)21-15-5-8-19(21)18-6-3-2-4-7-18/h2-4,6-7,9-12,19H,5,8,13-15H2,1H3. The fraction of sp³-hybridized carbons (Fsp3) is 0.350. The maximum atomic E-state index is 12.6. The largest absolute Gasteiger partial charge is 0.336 e. The van der Waals surface area contributed by atoms with Gasteiger partial charge in [0.1, 0.15) is 0 Å². The van der Waals surface area contributed by atoms with E-state index in [0.29, 0.717) is 6.42 Å². The number of amides is 1. The molecule has 1 heterocycles. The summed E-state index contributed by atoms with van der Waals surface area (Å²) in [6.07, 6.45) is 3.62. The third kappa shape index (κ3) is 3.38. The lowest BCUT2D eigenvalue weighted by atomic mass is 10.0. The molecule has 0 spiro atoms. The Morgan fingerprint density at radius 2 is 1.82 bits per heavy atom. The van der Waals surface area contributed by atoms with E-state index in [1.165, 1.54) is 16.7 Å². The fourth-order valence-corrected chi connectivity index (χ4v) is 3.24. The van der Waals surface area contributed by atoms with Gasteiger partial charge in [0.2, 0.25) is 5.91 Å². The first kappa shape index (κ1) is 14.8. The quantitative estimate of drug-likeness (QED) is 0.823. The van der Waals surface area contributed by atoms with Crippen LogP contribution in [0.5, 0.6) is 0 Å². The molecule has 114 valence electrons. The minimum absolute atomic E-state index is 0.270. The molecule has 1 aliphatic rings. The third-order valence-corrected chi connectivity index (χ3v) is 4.51. The minimum Gasteiger partial charge on any atom is -0.336 e. The van der Waals surface area contributed by atoms with Crippen molar-refractivity contribution in [1.82, 2.24) is 4.90 Å². The summed E-state index contributed by atoms with van der Waals surface area (Å²) >= 11 is 0. The van der Waals surface area contributed by atoms with Crippen LogP contribution in [-0.2, 0) is 11.2 Å². The lowest BCUT2D eigenvalue weighted by molar-refractivity contribution is -0.132. The fourth-order valence-electron chi connectivity index (χ4n) is 3.24. The Morgan fingerprint density at radius 1 is 1.09 bits per heavy atom. The van der Waals surface area contributed by atoms with Crippen molar-refractivity contribution < 1.29 is 4.79 Å². The summed E-state index contributed by atoms with van der Waals surface area (Å²) in [6.45, 7) is 2.98. The number of nitrogens with zero attached hydrogens (tertiary/aromatic N) is 1. The van der Waals surface area contributed by atoms with Crippen molar-refractivity contribution in [3.63, 3.8) is 0 Å². The molecule has 0 saturated carbocycles. The summed E-state index contributed by atoms with van der Waals surface area (Å²) in [5.74, 6) is 0.284. The van der Waals surface area contributed by atoms with Crippen molar-refractivity contribution in [2.24, 2.45) is 0 Å². The molecule has 2 aromatic carbocycles. The van der Waals surface area contributed by atoms with Gasteiger partial charge in [0.25, 0.3) is 0 Å². The molecule has 22 heavy (non-hydrogen) atoms. The van der Waals surface area contributed by atoms with Crippen molar-refractivity contribution in [3.05, 3.63) is 71.3 Å². The predicted molar refractivity (Wildman–Crippen MR) is 89.6 cm³/mol. The van der Waals surface area contributed by atoms with Crippen LogP contribution in [0.15, 0.2) is 54.6 Å². The highest BCUT2D eigenvalue weighted by molar-refractivity contribution is 5.77. The number of aryl methyl sites for hydroxylation is 2. The number of carbonyl (C=O) groups excluding carboxylic acids is 1. The van der Waals surface area contributed by atoms with Gasteiger partial charge in [-0.15, -0.1) is 0 Å². The summed E-state index contributed by atoms with van der Waals surface area (Å²) < 4.78 is 0. The Bertz CT molecular complexity index is 618. The topological polar surface area (TPSA) is 20.3 Å². The monoisotopic (exact) mass is 293 g/mol. The smallest absolute Gasteiger partial charge is 0.223 e.